The second-order valence-electron chi connectivity index (χ2n) is 6.82. The maximum absolute atomic E-state index is 2.33. The van der Waals surface area contributed by atoms with E-state index in [2.05, 4.69) is 66.7 Å². The first-order chi connectivity index (χ1) is 8.75. The SMILES string of the molecule is Cc1c(C)c(C)c(C(C)(C)C)c(C2=CC=CC2)c1C. The highest BCUT2D eigenvalue weighted by Crippen LogP contribution is 2.40. The molecule has 0 saturated heterocycles. The summed E-state index contributed by atoms with van der Waals surface area (Å²) in [4.78, 5) is 0. The lowest BCUT2D eigenvalue weighted by molar-refractivity contribution is 0.582. The highest BCUT2D eigenvalue weighted by molar-refractivity contribution is 5.78. The lowest BCUT2D eigenvalue weighted by atomic mass is 9.74. The van der Waals surface area contributed by atoms with Crippen LogP contribution in [0.5, 0.6) is 0 Å². The second kappa shape index (κ2) is 4.67. The summed E-state index contributed by atoms with van der Waals surface area (Å²) >= 11 is 0. The molecule has 19 heavy (non-hydrogen) atoms. The summed E-state index contributed by atoms with van der Waals surface area (Å²) in [5, 5.41) is 0. The molecule has 1 aromatic carbocycles. The van der Waals surface area contributed by atoms with E-state index in [4.69, 9.17) is 0 Å². The van der Waals surface area contributed by atoms with Crippen LogP contribution >= 0.6 is 0 Å². The van der Waals surface area contributed by atoms with Gasteiger partial charge in [-0.25, -0.2) is 0 Å². The molecule has 0 unspecified atom stereocenters. The smallest absolute Gasteiger partial charge is 0.00882 e. The summed E-state index contributed by atoms with van der Waals surface area (Å²) in [5.74, 6) is 0. The van der Waals surface area contributed by atoms with Crippen LogP contribution in [0.3, 0.4) is 0 Å². The number of allylic oxidation sites excluding steroid dienone is 4. The fourth-order valence-electron chi connectivity index (χ4n) is 3.28. The maximum Gasteiger partial charge on any atom is -0.00882 e. The fraction of sp³-hybridized carbons (Fsp3) is 0.474. The van der Waals surface area contributed by atoms with E-state index in [1.54, 1.807) is 0 Å². The van der Waals surface area contributed by atoms with Gasteiger partial charge in [-0.1, -0.05) is 39.0 Å². The van der Waals surface area contributed by atoms with Gasteiger partial charge in [-0.3, -0.25) is 0 Å². The van der Waals surface area contributed by atoms with Gasteiger partial charge in [-0.05, 0) is 78.5 Å². The molecule has 0 bridgehead atoms. The van der Waals surface area contributed by atoms with Gasteiger partial charge in [-0.15, -0.1) is 0 Å². The molecule has 0 aliphatic heterocycles. The first-order valence-electron chi connectivity index (χ1n) is 7.22. The van der Waals surface area contributed by atoms with Crippen LogP contribution in [0.25, 0.3) is 5.57 Å². The molecule has 102 valence electrons. The van der Waals surface area contributed by atoms with Crippen LogP contribution in [0.15, 0.2) is 18.2 Å². The third kappa shape index (κ3) is 2.29. The van der Waals surface area contributed by atoms with Crippen molar-refractivity contribution in [1.29, 1.82) is 0 Å². The zero-order chi connectivity index (χ0) is 14.4. The minimum absolute atomic E-state index is 0.187. The highest BCUT2D eigenvalue weighted by atomic mass is 14.3. The van der Waals surface area contributed by atoms with E-state index >= 15 is 0 Å². The molecule has 2 rings (SSSR count). The first-order valence-corrected chi connectivity index (χ1v) is 7.22. The minimum Gasteiger partial charge on any atom is -0.0801 e. The molecule has 0 N–H and O–H groups in total. The predicted molar refractivity (Wildman–Crippen MR) is 85.8 cm³/mol. The number of hydrogen-bond acceptors (Lipinski definition) is 0. The van der Waals surface area contributed by atoms with Gasteiger partial charge in [0.15, 0.2) is 0 Å². The summed E-state index contributed by atoms with van der Waals surface area (Å²) in [6.45, 7) is 16.1. The molecule has 0 aromatic heterocycles. The van der Waals surface area contributed by atoms with Crippen LogP contribution in [-0.2, 0) is 5.41 Å². The quantitative estimate of drug-likeness (QED) is 0.615. The molecule has 0 nitrogen and oxygen atoms in total. The molecule has 1 aliphatic carbocycles. The average molecular weight is 254 g/mol. The summed E-state index contributed by atoms with van der Waals surface area (Å²) in [6.07, 6.45) is 7.80. The fourth-order valence-corrected chi connectivity index (χ4v) is 3.28. The molecule has 0 heterocycles. The third-order valence-corrected chi connectivity index (χ3v) is 4.53. The molecule has 0 fully saturated rings. The van der Waals surface area contributed by atoms with Crippen LogP contribution in [0.1, 0.15) is 60.6 Å². The molecule has 1 aromatic rings. The lowest BCUT2D eigenvalue weighted by Gasteiger charge is -2.30. The first kappa shape index (κ1) is 14.1. The topological polar surface area (TPSA) is 0 Å². The van der Waals surface area contributed by atoms with Crippen molar-refractivity contribution >= 4 is 5.57 Å². The Morgan fingerprint density at radius 2 is 1.42 bits per heavy atom. The van der Waals surface area contributed by atoms with Crippen molar-refractivity contribution in [2.24, 2.45) is 0 Å². The molecule has 0 spiro atoms. The normalized spacial score (nSPS) is 15.0. The number of hydrogen-bond donors (Lipinski definition) is 0. The van der Waals surface area contributed by atoms with E-state index in [0.29, 0.717) is 0 Å². The Morgan fingerprint density at radius 3 is 1.89 bits per heavy atom. The van der Waals surface area contributed by atoms with Crippen LogP contribution in [0, 0.1) is 27.7 Å². The second-order valence-corrected chi connectivity index (χ2v) is 6.82. The van der Waals surface area contributed by atoms with Crippen LogP contribution in [0.2, 0.25) is 0 Å². The van der Waals surface area contributed by atoms with Gasteiger partial charge in [0.25, 0.3) is 0 Å². The van der Waals surface area contributed by atoms with E-state index in [1.807, 2.05) is 0 Å². The summed E-state index contributed by atoms with van der Waals surface area (Å²) in [6, 6.07) is 0. The Kier molecular flexibility index (Phi) is 3.47. The van der Waals surface area contributed by atoms with E-state index in [-0.39, 0.29) is 5.41 Å². The minimum atomic E-state index is 0.187. The largest absolute Gasteiger partial charge is 0.0801 e. The average Bonchev–Trinajstić information content (AvgIpc) is 2.82. The van der Waals surface area contributed by atoms with Gasteiger partial charge in [-0.2, -0.15) is 0 Å². The lowest BCUT2D eigenvalue weighted by Crippen LogP contribution is -2.19. The van der Waals surface area contributed by atoms with Gasteiger partial charge in [0.05, 0.1) is 0 Å². The maximum atomic E-state index is 2.33. The molecule has 0 atom stereocenters. The summed E-state index contributed by atoms with van der Waals surface area (Å²) in [5.41, 5.74) is 10.5. The Balaban J connectivity index is 2.83. The predicted octanol–water partition coefficient (Wildman–Crippen LogP) is 5.56. The molecule has 0 radical (unpaired) electrons. The zero-order valence-corrected chi connectivity index (χ0v) is 13.4. The number of benzene rings is 1. The third-order valence-electron chi connectivity index (χ3n) is 4.53. The highest BCUT2D eigenvalue weighted by Gasteiger charge is 2.26. The van der Waals surface area contributed by atoms with Crippen molar-refractivity contribution in [2.75, 3.05) is 0 Å². The van der Waals surface area contributed by atoms with Crippen molar-refractivity contribution in [1.82, 2.24) is 0 Å². The molecule has 1 aliphatic rings. The van der Waals surface area contributed by atoms with Crippen LogP contribution < -0.4 is 0 Å². The monoisotopic (exact) mass is 254 g/mol. The molecular formula is C19H26. The van der Waals surface area contributed by atoms with Crippen molar-refractivity contribution in [3.05, 3.63) is 51.6 Å². The van der Waals surface area contributed by atoms with E-state index in [1.165, 1.54) is 39.0 Å². The Hall–Kier alpha value is -1.30. The van der Waals surface area contributed by atoms with Gasteiger partial charge in [0, 0.05) is 0 Å². The van der Waals surface area contributed by atoms with Gasteiger partial charge < -0.3 is 0 Å². The standard InChI is InChI=1S/C19H26/c1-12-13(2)15(4)18(19(5,6)7)17(14(12)3)16-10-8-9-11-16/h8-10H,11H2,1-7H3. The molecule has 0 heteroatoms. The Labute approximate surface area is 118 Å². The van der Waals surface area contributed by atoms with Gasteiger partial charge in [0.1, 0.15) is 0 Å². The van der Waals surface area contributed by atoms with Crippen molar-refractivity contribution in [3.8, 4) is 0 Å². The Bertz CT molecular complexity index is 575. The van der Waals surface area contributed by atoms with Gasteiger partial charge in [0.2, 0.25) is 0 Å². The number of rotatable bonds is 1. The summed E-state index contributed by atoms with van der Waals surface area (Å²) < 4.78 is 0. The molecular weight excluding hydrogens is 228 g/mol. The van der Waals surface area contributed by atoms with E-state index in [9.17, 15) is 0 Å². The van der Waals surface area contributed by atoms with Gasteiger partial charge >= 0.3 is 0 Å². The van der Waals surface area contributed by atoms with E-state index < -0.39 is 0 Å². The molecule has 0 saturated carbocycles. The van der Waals surface area contributed by atoms with Crippen molar-refractivity contribution in [3.63, 3.8) is 0 Å². The van der Waals surface area contributed by atoms with Crippen molar-refractivity contribution < 1.29 is 0 Å². The van der Waals surface area contributed by atoms with E-state index in [0.717, 1.165) is 6.42 Å². The molecule has 0 amide bonds. The van der Waals surface area contributed by atoms with Crippen LogP contribution in [0.4, 0.5) is 0 Å². The summed E-state index contributed by atoms with van der Waals surface area (Å²) in [7, 11) is 0. The van der Waals surface area contributed by atoms with Crippen molar-refractivity contribution in [2.45, 2.75) is 60.3 Å². The Morgan fingerprint density at radius 1 is 0.842 bits per heavy atom. The zero-order valence-electron chi connectivity index (χ0n) is 13.4. The van der Waals surface area contributed by atoms with Crippen LogP contribution in [-0.4, -0.2) is 0 Å².